The molecule has 0 saturated heterocycles. The normalized spacial score (nSPS) is 11.8. The summed E-state index contributed by atoms with van der Waals surface area (Å²) in [5.74, 6) is 0.266. The summed E-state index contributed by atoms with van der Waals surface area (Å²) in [5.41, 5.74) is 0.935. The van der Waals surface area contributed by atoms with Crippen LogP contribution >= 0.6 is 11.7 Å². The van der Waals surface area contributed by atoms with E-state index in [1.807, 2.05) is 0 Å². The molecule has 3 rings (SSSR count). The smallest absolute Gasteiger partial charge is 0.265 e. The number of aromatic nitrogens is 4. The zero-order valence-corrected chi connectivity index (χ0v) is 11.4. The molecule has 0 saturated carbocycles. The minimum Gasteiger partial charge on any atom is -0.274 e. The van der Waals surface area contributed by atoms with E-state index in [9.17, 15) is 8.42 Å². The highest BCUT2D eigenvalue weighted by Gasteiger charge is 2.20. The third-order valence-electron chi connectivity index (χ3n) is 2.49. The van der Waals surface area contributed by atoms with E-state index < -0.39 is 10.0 Å². The second-order valence-electron chi connectivity index (χ2n) is 3.87. The maximum Gasteiger partial charge on any atom is 0.265 e. The van der Waals surface area contributed by atoms with Crippen LogP contribution < -0.4 is 4.72 Å². The van der Waals surface area contributed by atoms with Crippen LogP contribution in [-0.2, 0) is 17.1 Å². The first-order chi connectivity index (χ1) is 9.06. The van der Waals surface area contributed by atoms with Crippen LogP contribution in [-0.4, -0.2) is 26.9 Å². The van der Waals surface area contributed by atoms with Crippen molar-refractivity contribution in [2.45, 2.75) is 4.90 Å². The monoisotopic (exact) mass is 295 g/mol. The largest absolute Gasteiger partial charge is 0.274 e. The number of hydrogen-bond acceptors (Lipinski definition) is 6. The van der Waals surface area contributed by atoms with Crippen molar-refractivity contribution in [1.82, 2.24) is 18.5 Å². The van der Waals surface area contributed by atoms with Crippen LogP contribution in [0, 0.1) is 0 Å². The molecule has 0 unspecified atom stereocenters. The van der Waals surface area contributed by atoms with Crippen molar-refractivity contribution in [1.29, 1.82) is 0 Å². The summed E-state index contributed by atoms with van der Waals surface area (Å²) >= 11 is 0.982. The van der Waals surface area contributed by atoms with Gasteiger partial charge in [-0.25, -0.2) is 8.42 Å². The number of anilines is 1. The molecule has 0 bridgehead atoms. The Morgan fingerprint density at radius 3 is 2.84 bits per heavy atom. The fourth-order valence-electron chi connectivity index (χ4n) is 1.66. The molecule has 3 aromatic rings. The molecule has 1 aromatic carbocycles. The van der Waals surface area contributed by atoms with Gasteiger partial charge >= 0.3 is 0 Å². The third-order valence-corrected chi connectivity index (χ3v) is 4.42. The SMILES string of the molecule is Cn1ccc(NS(=O)(=O)c2cccc3nsnc23)n1. The molecule has 0 fully saturated rings. The van der Waals surface area contributed by atoms with Crippen LogP contribution in [0.2, 0.25) is 0 Å². The predicted octanol–water partition coefficient (Wildman–Crippen LogP) is 1.23. The lowest BCUT2D eigenvalue weighted by Crippen LogP contribution is -2.14. The summed E-state index contributed by atoms with van der Waals surface area (Å²) in [5, 5.41) is 3.98. The van der Waals surface area contributed by atoms with Gasteiger partial charge in [0.15, 0.2) is 5.82 Å². The van der Waals surface area contributed by atoms with Crippen LogP contribution in [0.3, 0.4) is 0 Å². The zero-order valence-electron chi connectivity index (χ0n) is 9.81. The minimum absolute atomic E-state index is 0.101. The fourth-order valence-corrected chi connectivity index (χ4v) is 3.42. The summed E-state index contributed by atoms with van der Waals surface area (Å²) in [4.78, 5) is 0.101. The van der Waals surface area contributed by atoms with Crippen LogP contribution in [0.15, 0.2) is 35.4 Å². The number of benzene rings is 1. The van der Waals surface area contributed by atoms with Crippen LogP contribution in [0.5, 0.6) is 0 Å². The Labute approximate surface area is 113 Å². The first kappa shape index (κ1) is 12.1. The van der Waals surface area contributed by atoms with E-state index in [4.69, 9.17) is 0 Å². The van der Waals surface area contributed by atoms with Gasteiger partial charge in [0.2, 0.25) is 0 Å². The van der Waals surface area contributed by atoms with E-state index in [0.29, 0.717) is 11.0 Å². The molecule has 0 aliphatic heterocycles. The van der Waals surface area contributed by atoms with Crippen LogP contribution in [0.4, 0.5) is 5.82 Å². The lowest BCUT2D eigenvalue weighted by molar-refractivity contribution is 0.601. The van der Waals surface area contributed by atoms with Crippen molar-refractivity contribution in [3.63, 3.8) is 0 Å². The molecular weight excluding hydrogens is 286 g/mol. The second kappa shape index (κ2) is 4.28. The quantitative estimate of drug-likeness (QED) is 0.784. The van der Waals surface area contributed by atoms with E-state index in [2.05, 4.69) is 18.6 Å². The van der Waals surface area contributed by atoms with Crippen molar-refractivity contribution in [3.8, 4) is 0 Å². The maximum atomic E-state index is 12.3. The van der Waals surface area contributed by atoms with E-state index in [-0.39, 0.29) is 10.7 Å². The van der Waals surface area contributed by atoms with E-state index in [1.165, 1.54) is 10.7 Å². The molecule has 1 N–H and O–H groups in total. The van der Waals surface area contributed by atoms with E-state index >= 15 is 0 Å². The Morgan fingerprint density at radius 2 is 2.11 bits per heavy atom. The number of fused-ring (bicyclic) bond motifs is 1. The number of nitrogens with zero attached hydrogens (tertiary/aromatic N) is 4. The van der Waals surface area contributed by atoms with Crippen molar-refractivity contribution in [2.24, 2.45) is 7.05 Å². The molecule has 0 spiro atoms. The Kier molecular flexibility index (Phi) is 2.72. The highest BCUT2D eigenvalue weighted by molar-refractivity contribution is 7.93. The maximum absolute atomic E-state index is 12.3. The van der Waals surface area contributed by atoms with Gasteiger partial charge in [0.1, 0.15) is 15.9 Å². The molecule has 2 heterocycles. The molecule has 98 valence electrons. The van der Waals surface area contributed by atoms with Gasteiger partial charge < -0.3 is 0 Å². The van der Waals surface area contributed by atoms with Crippen molar-refractivity contribution < 1.29 is 8.42 Å². The van der Waals surface area contributed by atoms with Gasteiger partial charge in [0, 0.05) is 19.3 Å². The summed E-state index contributed by atoms with van der Waals surface area (Å²) < 4.78 is 36.6. The minimum atomic E-state index is -3.72. The van der Waals surface area contributed by atoms with Gasteiger partial charge in [-0.15, -0.1) is 0 Å². The number of rotatable bonds is 3. The Bertz CT molecular complexity index is 836. The van der Waals surface area contributed by atoms with Crippen LogP contribution in [0.25, 0.3) is 11.0 Å². The Balaban J connectivity index is 2.07. The molecular formula is C10H9N5O2S2. The molecule has 0 amide bonds. The number of hydrogen-bond donors (Lipinski definition) is 1. The molecule has 2 aromatic heterocycles. The average Bonchev–Trinajstić information content (AvgIpc) is 2.96. The zero-order chi connectivity index (χ0) is 13.5. The highest BCUT2D eigenvalue weighted by atomic mass is 32.2. The standard InChI is InChI=1S/C10H9N5O2S2/c1-15-6-5-9(11-15)14-19(16,17)8-4-2-3-7-10(8)13-18-12-7/h2-6H,1H3,(H,11,14). The molecule has 7 nitrogen and oxygen atoms in total. The Hall–Kier alpha value is -2.00. The van der Waals surface area contributed by atoms with Crippen LogP contribution in [0.1, 0.15) is 0 Å². The lowest BCUT2D eigenvalue weighted by atomic mass is 10.3. The van der Waals surface area contributed by atoms with Gasteiger partial charge in [-0.05, 0) is 12.1 Å². The van der Waals surface area contributed by atoms with Gasteiger partial charge in [0.05, 0.1) is 11.7 Å². The van der Waals surface area contributed by atoms with Crippen molar-refractivity contribution >= 4 is 38.6 Å². The molecule has 0 radical (unpaired) electrons. The molecule has 0 aliphatic rings. The van der Waals surface area contributed by atoms with Gasteiger partial charge in [-0.3, -0.25) is 9.40 Å². The topological polar surface area (TPSA) is 89.8 Å². The lowest BCUT2D eigenvalue weighted by Gasteiger charge is -2.05. The molecule has 0 atom stereocenters. The third kappa shape index (κ3) is 2.17. The summed E-state index contributed by atoms with van der Waals surface area (Å²) in [7, 11) is -2.01. The van der Waals surface area contributed by atoms with Gasteiger partial charge in [-0.2, -0.15) is 13.8 Å². The predicted molar refractivity (Wildman–Crippen MR) is 71.4 cm³/mol. The molecule has 9 heteroatoms. The van der Waals surface area contributed by atoms with E-state index in [1.54, 1.807) is 31.4 Å². The Morgan fingerprint density at radius 1 is 1.26 bits per heavy atom. The van der Waals surface area contributed by atoms with Crippen molar-refractivity contribution in [3.05, 3.63) is 30.5 Å². The first-order valence-corrected chi connectivity index (χ1v) is 7.51. The highest BCUT2D eigenvalue weighted by Crippen LogP contribution is 2.22. The summed E-state index contributed by atoms with van der Waals surface area (Å²) in [6.45, 7) is 0. The van der Waals surface area contributed by atoms with Gasteiger partial charge in [0.25, 0.3) is 10.0 Å². The van der Waals surface area contributed by atoms with E-state index in [0.717, 1.165) is 11.7 Å². The molecule has 19 heavy (non-hydrogen) atoms. The number of sulfonamides is 1. The molecule has 0 aliphatic carbocycles. The van der Waals surface area contributed by atoms with Gasteiger partial charge in [-0.1, -0.05) is 6.07 Å². The fraction of sp³-hybridized carbons (Fsp3) is 0.100. The first-order valence-electron chi connectivity index (χ1n) is 5.30. The number of aryl methyl sites for hydroxylation is 1. The second-order valence-corrected chi connectivity index (χ2v) is 6.05. The summed E-state index contributed by atoms with van der Waals surface area (Å²) in [6, 6.07) is 6.43. The average molecular weight is 295 g/mol. The summed E-state index contributed by atoms with van der Waals surface area (Å²) in [6.07, 6.45) is 1.66. The number of nitrogens with one attached hydrogen (secondary N) is 1. The van der Waals surface area contributed by atoms with Crippen molar-refractivity contribution in [2.75, 3.05) is 4.72 Å².